The summed E-state index contributed by atoms with van der Waals surface area (Å²) in [7, 11) is -3.36. The summed E-state index contributed by atoms with van der Waals surface area (Å²) in [6, 6.07) is 4.98. The number of alkyl halides is 1. The molecule has 0 unspecified atom stereocenters. The zero-order chi connectivity index (χ0) is 12.2. The average molecular weight is 347 g/mol. The Morgan fingerprint density at radius 2 is 2.06 bits per heavy atom. The topological polar surface area (TPSA) is 46.2 Å². The van der Waals surface area contributed by atoms with Crippen LogP contribution in [0.1, 0.15) is 6.42 Å². The molecular weight excluding hydrogens is 337 g/mol. The summed E-state index contributed by atoms with van der Waals surface area (Å²) in [5.41, 5.74) is 0.432. The normalized spacial score (nSPS) is 11.4. The van der Waals surface area contributed by atoms with Crippen molar-refractivity contribution < 1.29 is 8.42 Å². The minimum absolute atomic E-state index is 0.00451. The van der Waals surface area contributed by atoms with Gasteiger partial charge in [0, 0.05) is 5.88 Å². The highest BCUT2D eigenvalue weighted by Gasteiger charge is 2.12. The van der Waals surface area contributed by atoms with E-state index in [1.165, 1.54) is 0 Å². The molecule has 0 aliphatic carbocycles. The van der Waals surface area contributed by atoms with Crippen molar-refractivity contribution in [1.82, 2.24) is 0 Å². The first kappa shape index (κ1) is 14.1. The fraction of sp³-hybridized carbons (Fsp3) is 0.333. The smallest absolute Gasteiger partial charge is 0.232 e. The highest BCUT2D eigenvalue weighted by molar-refractivity contribution is 9.10. The van der Waals surface area contributed by atoms with E-state index in [1.54, 1.807) is 18.2 Å². The summed E-state index contributed by atoms with van der Waals surface area (Å²) in [5.74, 6) is 0.313. The van der Waals surface area contributed by atoms with Gasteiger partial charge in [-0.1, -0.05) is 17.7 Å². The van der Waals surface area contributed by atoms with E-state index in [1.807, 2.05) is 0 Å². The zero-order valence-corrected chi connectivity index (χ0v) is 12.1. The van der Waals surface area contributed by atoms with Crippen molar-refractivity contribution in [2.75, 3.05) is 16.4 Å². The van der Waals surface area contributed by atoms with E-state index in [0.29, 0.717) is 27.5 Å². The summed E-state index contributed by atoms with van der Waals surface area (Å²) in [6.07, 6.45) is 0.412. The zero-order valence-electron chi connectivity index (χ0n) is 8.21. The molecule has 0 spiro atoms. The molecule has 1 N–H and O–H groups in total. The molecular formula is C9H10BrCl2NO2S. The molecule has 1 rings (SSSR count). The van der Waals surface area contributed by atoms with Gasteiger partial charge in [-0.15, -0.1) is 11.6 Å². The maximum Gasteiger partial charge on any atom is 0.232 e. The summed E-state index contributed by atoms with van der Waals surface area (Å²) in [4.78, 5) is 0. The Balaban J connectivity index is 2.84. The third-order valence-electron chi connectivity index (χ3n) is 1.76. The largest absolute Gasteiger partial charge is 0.282 e. The van der Waals surface area contributed by atoms with Gasteiger partial charge in [0.2, 0.25) is 10.0 Å². The highest BCUT2D eigenvalue weighted by atomic mass is 79.9. The van der Waals surface area contributed by atoms with E-state index in [0.717, 1.165) is 0 Å². The van der Waals surface area contributed by atoms with Gasteiger partial charge in [-0.05, 0) is 34.5 Å². The number of hydrogen-bond donors (Lipinski definition) is 1. The molecule has 0 amide bonds. The van der Waals surface area contributed by atoms with Gasteiger partial charge in [0.1, 0.15) is 0 Å². The molecule has 1 aromatic rings. The van der Waals surface area contributed by atoms with Crippen LogP contribution in [0.4, 0.5) is 5.69 Å². The summed E-state index contributed by atoms with van der Waals surface area (Å²) >= 11 is 14.5. The lowest BCUT2D eigenvalue weighted by atomic mass is 10.3. The maximum absolute atomic E-state index is 11.6. The number of anilines is 1. The maximum atomic E-state index is 11.6. The third-order valence-corrected chi connectivity index (χ3v) is 4.79. The van der Waals surface area contributed by atoms with Crippen molar-refractivity contribution in [3.8, 4) is 0 Å². The Morgan fingerprint density at radius 1 is 1.38 bits per heavy atom. The molecule has 0 fully saturated rings. The Kier molecular flexibility index (Phi) is 5.37. The van der Waals surface area contributed by atoms with Gasteiger partial charge in [-0.2, -0.15) is 0 Å². The van der Waals surface area contributed by atoms with Crippen LogP contribution in [0.15, 0.2) is 22.7 Å². The van der Waals surface area contributed by atoms with Crippen molar-refractivity contribution >= 4 is 54.8 Å². The standard InChI is InChI=1S/C9H10BrCl2NO2S/c10-9-7(12)3-1-4-8(9)13-16(14,15)6-2-5-11/h1,3-4,13H,2,5-6H2. The van der Waals surface area contributed by atoms with Gasteiger partial charge < -0.3 is 0 Å². The Morgan fingerprint density at radius 3 is 2.69 bits per heavy atom. The predicted molar refractivity (Wildman–Crippen MR) is 71.9 cm³/mol. The quantitative estimate of drug-likeness (QED) is 0.829. The SMILES string of the molecule is O=S(=O)(CCCCl)Nc1cccc(Cl)c1Br. The fourth-order valence-electron chi connectivity index (χ4n) is 1.05. The van der Waals surface area contributed by atoms with Crippen molar-refractivity contribution in [2.45, 2.75) is 6.42 Å². The average Bonchev–Trinajstić information content (AvgIpc) is 2.22. The van der Waals surface area contributed by atoms with Gasteiger partial charge in [0.15, 0.2) is 0 Å². The minimum atomic E-state index is -3.36. The number of benzene rings is 1. The van der Waals surface area contributed by atoms with E-state index in [9.17, 15) is 8.42 Å². The second-order valence-electron chi connectivity index (χ2n) is 3.06. The van der Waals surface area contributed by atoms with Gasteiger partial charge in [-0.3, -0.25) is 4.72 Å². The first-order valence-corrected chi connectivity index (χ1v) is 7.82. The van der Waals surface area contributed by atoms with Crippen molar-refractivity contribution in [3.05, 3.63) is 27.7 Å². The van der Waals surface area contributed by atoms with Gasteiger partial charge in [0.25, 0.3) is 0 Å². The monoisotopic (exact) mass is 345 g/mol. The fourth-order valence-corrected chi connectivity index (χ4v) is 3.14. The van der Waals surface area contributed by atoms with E-state index >= 15 is 0 Å². The van der Waals surface area contributed by atoms with Crippen LogP contribution in [-0.2, 0) is 10.0 Å². The Labute approximate surface area is 113 Å². The van der Waals surface area contributed by atoms with Crippen LogP contribution < -0.4 is 4.72 Å². The molecule has 0 aliphatic heterocycles. The lowest BCUT2D eigenvalue weighted by Crippen LogP contribution is -2.17. The number of sulfonamides is 1. The van der Waals surface area contributed by atoms with Crippen LogP contribution in [-0.4, -0.2) is 20.1 Å². The Hall–Kier alpha value is 0.0300. The van der Waals surface area contributed by atoms with Gasteiger partial charge in [-0.25, -0.2) is 8.42 Å². The van der Waals surface area contributed by atoms with Crippen LogP contribution in [0, 0.1) is 0 Å². The first-order valence-electron chi connectivity index (χ1n) is 4.47. The van der Waals surface area contributed by atoms with Gasteiger partial charge in [0.05, 0.1) is 20.9 Å². The molecule has 3 nitrogen and oxygen atoms in total. The van der Waals surface area contributed by atoms with Crippen LogP contribution >= 0.6 is 39.1 Å². The Bertz CT molecular complexity index is 465. The van der Waals surface area contributed by atoms with Crippen LogP contribution in [0.2, 0.25) is 5.02 Å². The molecule has 0 heterocycles. The van der Waals surface area contributed by atoms with E-state index < -0.39 is 10.0 Å². The molecule has 0 bridgehead atoms. The third kappa shape index (κ3) is 4.13. The molecule has 0 radical (unpaired) electrons. The second-order valence-corrected chi connectivity index (χ2v) is 6.48. The van der Waals surface area contributed by atoms with E-state index in [-0.39, 0.29) is 5.75 Å². The van der Waals surface area contributed by atoms with Crippen molar-refractivity contribution in [2.24, 2.45) is 0 Å². The van der Waals surface area contributed by atoms with Crippen LogP contribution in [0.25, 0.3) is 0 Å². The van der Waals surface area contributed by atoms with Crippen molar-refractivity contribution in [1.29, 1.82) is 0 Å². The molecule has 1 aromatic carbocycles. The van der Waals surface area contributed by atoms with Crippen molar-refractivity contribution in [3.63, 3.8) is 0 Å². The van der Waals surface area contributed by atoms with E-state index in [2.05, 4.69) is 20.7 Å². The molecule has 7 heteroatoms. The number of halogens is 3. The highest BCUT2D eigenvalue weighted by Crippen LogP contribution is 2.30. The molecule has 0 saturated carbocycles. The summed E-state index contributed by atoms with van der Waals surface area (Å²) in [5, 5.41) is 0.456. The number of hydrogen-bond acceptors (Lipinski definition) is 2. The number of rotatable bonds is 5. The molecule has 0 aromatic heterocycles. The molecule has 0 atom stereocenters. The number of nitrogens with one attached hydrogen (secondary N) is 1. The van der Waals surface area contributed by atoms with Crippen LogP contribution in [0.3, 0.4) is 0 Å². The molecule has 0 aliphatic rings. The second kappa shape index (κ2) is 6.10. The first-order chi connectivity index (χ1) is 7.46. The molecule has 90 valence electrons. The minimum Gasteiger partial charge on any atom is -0.282 e. The van der Waals surface area contributed by atoms with E-state index in [4.69, 9.17) is 23.2 Å². The predicted octanol–water partition coefficient (Wildman–Crippen LogP) is 3.47. The van der Waals surface area contributed by atoms with Crippen LogP contribution in [0.5, 0.6) is 0 Å². The lowest BCUT2D eigenvalue weighted by molar-refractivity contribution is 0.600. The van der Waals surface area contributed by atoms with Gasteiger partial charge >= 0.3 is 0 Å². The summed E-state index contributed by atoms with van der Waals surface area (Å²) in [6.45, 7) is 0. The molecule has 0 saturated heterocycles. The molecule has 16 heavy (non-hydrogen) atoms. The summed E-state index contributed by atoms with van der Waals surface area (Å²) < 4.78 is 26.2. The lowest BCUT2D eigenvalue weighted by Gasteiger charge is -2.09.